The molecule has 1 aliphatic rings. The maximum Gasteiger partial charge on any atom is 0.289 e. The molecular formula is C22H21N3O3S. The first-order chi connectivity index (χ1) is 14.0. The van der Waals surface area contributed by atoms with Crippen molar-refractivity contribution in [1.82, 2.24) is 9.80 Å². The Morgan fingerprint density at radius 1 is 0.966 bits per heavy atom. The molecule has 1 aromatic heterocycles. The van der Waals surface area contributed by atoms with Crippen LogP contribution in [0.2, 0.25) is 0 Å². The van der Waals surface area contributed by atoms with E-state index in [-0.39, 0.29) is 11.5 Å². The van der Waals surface area contributed by atoms with Crippen LogP contribution in [0, 0.1) is 0 Å². The van der Waals surface area contributed by atoms with Gasteiger partial charge in [-0.3, -0.25) is 19.3 Å². The Labute approximate surface area is 172 Å². The standard InChI is InChI=1S/C22H21N3O3S/c23-21(27)20(26)18-14-29-19-7-6-16(12-17(18)19)22(28)25-10-8-24(9-11-25)13-15-4-2-1-3-5-15/h1-7,12,14H,8-11,13H2,(H2,23,27). The molecule has 3 aromatic rings. The second-order valence-electron chi connectivity index (χ2n) is 7.11. The minimum absolute atomic E-state index is 0.0602. The second-order valence-corrected chi connectivity index (χ2v) is 8.02. The zero-order chi connectivity index (χ0) is 20.4. The first-order valence-corrected chi connectivity index (χ1v) is 10.3. The highest BCUT2D eigenvalue weighted by Crippen LogP contribution is 2.28. The van der Waals surface area contributed by atoms with E-state index >= 15 is 0 Å². The van der Waals surface area contributed by atoms with Crippen molar-refractivity contribution >= 4 is 39.0 Å². The van der Waals surface area contributed by atoms with Crippen LogP contribution in [-0.2, 0) is 11.3 Å². The Balaban J connectivity index is 1.46. The van der Waals surface area contributed by atoms with Crippen LogP contribution in [0.15, 0.2) is 53.9 Å². The van der Waals surface area contributed by atoms with E-state index in [1.54, 1.807) is 17.5 Å². The number of ketones is 1. The van der Waals surface area contributed by atoms with E-state index in [9.17, 15) is 14.4 Å². The summed E-state index contributed by atoms with van der Waals surface area (Å²) in [5.41, 5.74) is 7.19. The van der Waals surface area contributed by atoms with Crippen molar-refractivity contribution in [2.75, 3.05) is 26.2 Å². The molecule has 2 aromatic carbocycles. The summed E-state index contributed by atoms with van der Waals surface area (Å²) in [5.74, 6) is -1.78. The molecule has 4 rings (SSSR count). The molecule has 1 fully saturated rings. The van der Waals surface area contributed by atoms with Gasteiger partial charge in [-0.05, 0) is 23.8 Å². The lowest BCUT2D eigenvalue weighted by Gasteiger charge is -2.34. The van der Waals surface area contributed by atoms with Crippen LogP contribution < -0.4 is 5.73 Å². The Bertz CT molecular complexity index is 1070. The van der Waals surface area contributed by atoms with Crippen LogP contribution in [0.1, 0.15) is 26.3 Å². The number of piperazine rings is 1. The topological polar surface area (TPSA) is 83.7 Å². The number of Topliss-reactive ketones (excluding diaryl/α,β-unsaturated/α-hetero) is 1. The van der Waals surface area contributed by atoms with E-state index in [2.05, 4.69) is 17.0 Å². The lowest BCUT2D eigenvalue weighted by atomic mass is 10.1. The van der Waals surface area contributed by atoms with Gasteiger partial charge in [0.2, 0.25) is 0 Å². The van der Waals surface area contributed by atoms with Gasteiger partial charge >= 0.3 is 0 Å². The number of primary amides is 1. The van der Waals surface area contributed by atoms with Crippen LogP contribution in [0.4, 0.5) is 0 Å². The number of carbonyl (C=O) groups is 3. The van der Waals surface area contributed by atoms with Gasteiger partial charge in [0, 0.05) is 59.3 Å². The number of benzene rings is 2. The molecule has 0 atom stereocenters. The number of hydrogen-bond donors (Lipinski definition) is 1. The van der Waals surface area contributed by atoms with Crippen molar-refractivity contribution in [2.24, 2.45) is 5.73 Å². The molecule has 2 amide bonds. The van der Waals surface area contributed by atoms with E-state index in [4.69, 9.17) is 5.73 Å². The van der Waals surface area contributed by atoms with Crippen molar-refractivity contribution in [1.29, 1.82) is 0 Å². The fraction of sp³-hybridized carbons (Fsp3) is 0.227. The number of fused-ring (bicyclic) bond motifs is 1. The predicted octanol–water partition coefficient (Wildman–Crippen LogP) is 2.53. The van der Waals surface area contributed by atoms with Crippen LogP contribution in [-0.4, -0.2) is 53.6 Å². The van der Waals surface area contributed by atoms with Crippen molar-refractivity contribution < 1.29 is 14.4 Å². The average Bonchev–Trinajstić information content (AvgIpc) is 3.17. The van der Waals surface area contributed by atoms with Gasteiger partial charge in [0.1, 0.15) is 0 Å². The van der Waals surface area contributed by atoms with Crippen molar-refractivity contribution in [3.63, 3.8) is 0 Å². The highest BCUT2D eigenvalue weighted by atomic mass is 32.1. The Hall–Kier alpha value is -3.03. The molecule has 0 unspecified atom stereocenters. The van der Waals surface area contributed by atoms with Crippen LogP contribution in [0.3, 0.4) is 0 Å². The van der Waals surface area contributed by atoms with Gasteiger partial charge in [-0.2, -0.15) is 0 Å². The highest BCUT2D eigenvalue weighted by molar-refractivity contribution is 7.17. The van der Waals surface area contributed by atoms with E-state index in [0.29, 0.717) is 24.0 Å². The molecule has 0 bridgehead atoms. The Kier molecular flexibility index (Phi) is 5.42. The molecule has 0 spiro atoms. The highest BCUT2D eigenvalue weighted by Gasteiger charge is 2.24. The number of nitrogens with zero attached hydrogens (tertiary/aromatic N) is 2. The van der Waals surface area contributed by atoms with Gasteiger partial charge in [0.25, 0.3) is 17.6 Å². The molecule has 1 saturated heterocycles. The van der Waals surface area contributed by atoms with Crippen LogP contribution in [0.25, 0.3) is 10.1 Å². The molecule has 2 N–H and O–H groups in total. The Morgan fingerprint density at radius 2 is 1.69 bits per heavy atom. The number of carbonyl (C=O) groups excluding carboxylic acids is 3. The summed E-state index contributed by atoms with van der Waals surface area (Å²) in [4.78, 5) is 40.4. The van der Waals surface area contributed by atoms with E-state index in [0.717, 1.165) is 24.3 Å². The number of amides is 2. The predicted molar refractivity (Wildman–Crippen MR) is 113 cm³/mol. The van der Waals surface area contributed by atoms with Crippen LogP contribution in [0.5, 0.6) is 0 Å². The first kappa shape index (κ1) is 19.3. The fourth-order valence-corrected chi connectivity index (χ4v) is 4.53. The van der Waals surface area contributed by atoms with Gasteiger partial charge in [-0.15, -0.1) is 11.3 Å². The zero-order valence-corrected chi connectivity index (χ0v) is 16.7. The number of hydrogen-bond acceptors (Lipinski definition) is 5. The third-order valence-electron chi connectivity index (χ3n) is 5.20. The second kappa shape index (κ2) is 8.14. The molecule has 1 aliphatic heterocycles. The molecule has 7 heteroatoms. The SMILES string of the molecule is NC(=O)C(=O)c1csc2ccc(C(=O)N3CCN(Cc4ccccc4)CC3)cc12. The van der Waals surface area contributed by atoms with Crippen molar-refractivity contribution in [3.05, 3.63) is 70.6 Å². The maximum absolute atomic E-state index is 13.0. The summed E-state index contributed by atoms with van der Waals surface area (Å²) < 4.78 is 0.846. The largest absolute Gasteiger partial charge is 0.363 e. The minimum atomic E-state index is -0.990. The Morgan fingerprint density at radius 3 is 2.38 bits per heavy atom. The molecule has 6 nitrogen and oxygen atoms in total. The van der Waals surface area contributed by atoms with Gasteiger partial charge in [-0.1, -0.05) is 30.3 Å². The van der Waals surface area contributed by atoms with Gasteiger partial charge in [-0.25, -0.2) is 0 Å². The van der Waals surface area contributed by atoms with Crippen molar-refractivity contribution in [3.8, 4) is 0 Å². The van der Waals surface area contributed by atoms with Gasteiger partial charge < -0.3 is 10.6 Å². The summed E-state index contributed by atoms with van der Waals surface area (Å²) in [7, 11) is 0. The molecule has 0 aliphatic carbocycles. The maximum atomic E-state index is 13.0. The van der Waals surface area contributed by atoms with Crippen molar-refractivity contribution in [2.45, 2.75) is 6.54 Å². The lowest BCUT2D eigenvalue weighted by Crippen LogP contribution is -2.48. The van der Waals surface area contributed by atoms with Crippen LogP contribution >= 0.6 is 11.3 Å². The summed E-state index contributed by atoms with van der Waals surface area (Å²) >= 11 is 1.36. The third kappa shape index (κ3) is 4.06. The number of rotatable bonds is 5. The van der Waals surface area contributed by atoms with Gasteiger partial charge in [0.15, 0.2) is 0 Å². The molecule has 29 heavy (non-hydrogen) atoms. The smallest absolute Gasteiger partial charge is 0.289 e. The molecule has 0 saturated carbocycles. The third-order valence-corrected chi connectivity index (χ3v) is 6.16. The summed E-state index contributed by atoms with van der Waals surface area (Å²) in [6, 6.07) is 15.6. The summed E-state index contributed by atoms with van der Waals surface area (Å²) in [6.07, 6.45) is 0. The van der Waals surface area contributed by atoms with E-state index in [1.807, 2.05) is 29.2 Å². The monoisotopic (exact) mass is 407 g/mol. The first-order valence-electron chi connectivity index (χ1n) is 9.44. The quantitative estimate of drug-likeness (QED) is 0.520. The lowest BCUT2D eigenvalue weighted by molar-refractivity contribution is -0.114. The normalized spacial score (nSPS) is 14.8. The molecular weight excluding hydrogens is 386 g/mol. The summed E-state index contributed by atoms with van der Waals surface area (Å²) in [5, 5.41) is 2.22. The molecule has 0 radical (unpaired) electrons. The summed E-state index contributed by atoms with van der Waals surface area (Å²) in [6.45, 7) is 3.81. The fourth-order valence-electron chi connectivity index (χ4n) is 3.60. The minimum Gasteiger partial charge on any atom is -0.363 e. The molecule has 148 valence electrons. The zero-order valence-electron chi connectivity index (χ0n) is 15.8. The molecule has 2 heterocycles. The number of nitrogens with two attached hydrogens (primary N) is 1. The van der Waals surface area contributed by atoms with E-state index < -0.39 is 11.7 Å². The van der Waals surface area contributed by atoms with E-state index in [1.165, 1.54) is 16.9 Å². The van der Waals surface area contributed by atoms with Gasteiger partial charge in [0.05, 0.1) is 0 Å². The number of thiophene rings is 1. The average molecular weight is 407 g/mol.